The fourth-order valence-corrected chi connectivity index (χ4v) is 2.21. The van der Waals surface area contributed by atoms with E-state index >= 15 is 0 Å². The van der Waals surface area contributed by atoms with Crippen LogP contribution >= 0.6 is 11.8 Å². The van der Waals surface area contributed by atoms with Crippen LogP contribution in [0.25, 0.3) is 0 Å². The minimum absolute atomic E-state index is 0.0802. The van der Waals surface area contributed by atoms with Crippen molar-refractivity contribution in [3.63, 3.8) is 0 Å². The molecule has 2 rings (SSSR count). The van der Waals surface area contributed by atoms with Gasteiger partial charge in [-0.3, -0.25) is 4.79 Å². The maximum Gasteiger partial charge on any atom is 0.264 e. The molecular formula is C13H18N8OS. The average Bonchev–Trinajstić information content (AvgIpc) is 2.86. The summed E-state index contributed by atoms with van der Waals surface area (Å²) in [7, 11) is 3.96. The van der Waals surface area contributed by atoms with Crippen LogP contribution in [0.1, 0.15) is 5.56 Å². The number of carbonyl (C=O) groups is 1. The minimum Gasteiger partial charge on any atom is -0.378 e. The molecule has 1 aromatic carbocycles. The highest BCUT2D eigenvalue weighted by Gasteiger charge is 2.10. The van der Waals surface area contributed by atoms with E-state index in [-0.39, 0.29) is 11.7 Å². The Balaban J connectivity index is 1.96. The van der Waals surface area contributed by atoms with Crippen molar-refractivity contribution >= 4 is 35.5 Å². The second-order valence-corrected chi connectivity index (χ2v) is 5.73. The number of thioether (sulfide) groups is 1. The maximum absolute atomic E-state index is 10.7. The van der Waals surface area contributed by atoms with E-state index in [2.05, 4.69) is 20.7 Å². The molecule has 1 amide bonds. The summed E-state index contributed by atoms with van der Waals surface area (Å²) in [4.78, 5) is 12.8. The second-order valence-electron chi connectivity index (χ2n) is 4.79. The quantitative estimate of drug-likeness (QED) is 0.283. The van der Waals surface area contributed by atoms with E-state index < -0.39 is 5.91 Å². The Morgan fingerprint density at radius 2 is 2.09 bits per heavy atom. The summed E-state index contributed by atoms with van der Waals surface area (Å²) in [6.07, 6.45) is 1.64. The number of hydrogen-bond acceptors (Lipinski definition) is 8. The number of nitrogen functional groups attached to an aromatic ring is 1. The lowest BCUT2D eigenvalue weighted by Gasteiger charge is -2.11. The summed E-state index contributed by atoms with van der Waals surface area (Å²) in [5.74, 6) is 5.69. The van der Waals surface area contributed by atoms with Gasteiger partial charge in [0.15, 0.2) is 0 Å². The summed E-state index contributed by atoms with van der Waals surface area (Å²) in [5.41, 5.74) is 9.80. The lowest BCUT2D eigenvalue weighted by Crippen LogP contribution is -2.16. The van der Waals surface area contributed by atoms with Crippen LogP contribution in [0.3, 0.4) is 0 Å². The molecule has 2 aromatic rings. The van der Waals surface area contributed by atoms with Gasteiger partial charge in [-0.15, -0.1) is 10.2 Å². The third-order valence-corrected chi connectivity index (χ3v) is 3.76. The first-order chi connectivity index (χ1) is 11.0. The Morgan fingerprint density at radius 3 is 2.70 bits per heavy atom. The molecule has 122 valence electrons. The molecule has 0 atom stereocenters. The van der Waals surface area contributed by atoms with Gasteiger partial charge in [0.2, 0.25) is 11.1 Å². The largest absolute Gasteiger partial charge is 0.378 e. The van der Waals surface area contributed by atoms with Gasteiger partial charge in [0.25, 0.3) is 5.95 Å². The van der Waals surface area contributed by atoms with Gasteiger partial charge in [-0.25, -0.2) is 10.1 Å². The van der Waals surface area contributed by atoms with Gasteiger partial charge in [0.1, 0.15) is 0 Å². The first-order valence-electron chi connectivity index (χ1n) is 6.65. The van der Waals surface area contributed by atoms with Crippen LogP contribution in [0.2, 0.25) is 0 Å². The zero-order valence-electron chi connectivity index (χ0n) is 12.8. The maximum atomic E-state index is 10.7. The number of benzene rings is 1. The van der Waals surface area contributed by atoms with Crippen molar-refractivity contribution in [1.29, 1.82) is 0 Å². The van der Waals surface area contributed by atoms with E-state index in [1.165, 1.54) is 4.68 Å². The Bertz CT molecular complexity index is 695. The van der Waals surface area contributed by atoms with Crippen molar-refractivity contribution < 1.29 is 4.79 Å². The Kier molecular flexibility index (Phi) is 5.41. The molecule has 23 heavy (non-hydrogen) atoms. The SMILES string of the molecule is CN(C)c1ccc(/C=N/Nc2nnc(SCC(N)=O)n2N)cc1. The highest BCUT2D eigenvalue weighted by Crippen LogP contribution is 2.16. The molecule has 9 nitrogen and oxygen atoms in total. The fraction of sp³-hybridized carbons (Fsp3) is 0.231. The van der Waals surface area contributed by atoms with E-state index in [1.807, 2.05) is 43.3 Å². The molecule has 0 saturated heterocycles. The monoisotopic (exact) mass is 334 g/mol. The van der Waals surface area contributed by atoms with Crippen molar-refractivity contribution in [2.75, 3.05) is 36.0 Å². The Hall–Kier alpha value is -2.75. The van der Waals surface area contributed by atoms with E-state index in [9.17, 15) is 4.79 Å². The van der Waals surface area contributed by atoms with Gasteiger partial charge in [-0.05, 0) is 17.7 Å². The third kappa shape index (κ3) is 4.61. The molecule has 0 fully saturated rings. The molecule has 0 aliphatic carbocycles. The average molecular weight is 334 g/mol. The predicted octanol–water partition coefficient (Wildman–Crippen LogP) is 0.0813. The van der Waals surface area contributed by atoms with Gasteiger partial charge in [0.05, 0.1) is 12.0 Å². The van der Waals surface area contributed by atoms with Crippen molar-refractivity contribution in [1.82, 2.24) is 14.9 Å². The number of hydrazone groups is 1. The number of anilines is 2. The van der Waals surface area contributed by atoms with Crippen LogP contribution in [0.15, 0.2) is 34.5 Å². The van der Waals surface area contributed by atoms with Crippen molar-refractivity contribution in [2.45, 2.75) is 5.16 Å². The predicted molar refractivity (Wildman–Crippen MR) is 92.1 cm³/mol. The van der Waals surface area contributed by atoms with Crippen LogP contribution in [0, 0.1) is 0 Å². The lowest BCUT2D eigenvalue weighted by molar-refractivity contribution is -0.115. The smallest absolute Gasteiger partial charge is 0.264 e. The van der Waals surface area contributed by atoms with Crippen LogP contribution in [0.4, 0.5) is 11.6 Å². The number of carbonyl (C=O) groups excluding carboxylic acids is 1. The zero-order valence-corrected chi connectivity index (χ0v) is 13.6. The molecule has 1 aromatic heterocycles. The molecule has 0 bridgehead atoms. The van der Waals surface area contributed by atoms with Crippen LogP contribution < -0.4 is 21.9 Å². The molecule has 0 radical (unpaired) electrons. The van der Waals surface area contributed by atoms with E-state index in [1.54, 1.807) is 6.21 Å². The number of rotatable bonds is 7. The molecular weight excluding hydrogens is 316 g/mol. The first-order valence-corrected chi connectivity index (χ1v) is 7.64. The number of amides is 1. The summed E-state index contributed by atoms with van der Waals surface area (Å²) in [6.45, 7) is 0. The summed E-state index contributed by atoms with van der Waals surface area (Å²) in [6, 6.07) is 7.88. The highest BCUT2D eigenvalue weighted by molar-refractivity contribution is 7.99. The molecule has 0 aliphatic rings. The molecule has 0 saturated carbocycles. The summed E-state index contributed by atoms with van der Waals surface area (Å²) < 4.78 is 1.21. The fourth-order valence-electron chi connectivity index (χ4n) is 1.61. The highest BCUT2D eigenvalue weighted by atomic mass is 32.2. The molecule has 0 spiro atoms. The van der Waals surface area contributed by atoms with E-state index in [4.69, 9.17) is 11.6 Å². The normalized spacial score (nSPS) is 10.9. The Morgan fingerprint density at radius 1 is 1.39 bits per heavy atom. The van der Waals surface area contributed by atoms with Crippen molar-refractivity contribution in [3.05, 3.63) is 29.8 Å². The molecule has 0 aliphatic heterocycles. The van der Waals surface area contributed by atoms with Gasteiger partial charge >= 0.3 is 0 Å². The molecule has 5 N–H and O–H groups in total. The number of aromatic nitrogens is 3. The number of primary amides is 1. The number of hydrogen-bond donors (Lipinski definition) is 3. The van der Waals surface area contributed by atoms with Crippen LogP contribution in [-0.4, -0.2) is 46.8 Å². The number of nitrogens with zero attached hydrogens (tertiary/aromatic N) is 5. The number of nitrogens with one attached hydrogen (secondary N) is 1. The topological polar surface area (TPSA) is 127 Å². The van der Waals surface area contributed by atoms with Gasteiger partial charge in [-0.1, -0.05) is 23.9 Å². The van der Waals surface area contributed by atoms with Crippen molar-refractivity contribution in [2.24, 2.45) is 10.8 Å². The molecule has 1 heterocycles. The van der Waals surface area contributed by atoms with E-state index in [0.717, 1.165) is 23.0 Å². The third-order valence-electron chi connectivity index (χ3n) is 2.80. The van der Waals surface area contributed by atoms with Gasteiger partial charge in [-0.2, -0.15) is 5.10 Å². The molecule has 0 unspecified atom stereocenters. The second kappa shape index (κ2) is 7.49. The summed E-state index contributed by atoms with van der Waals surface area (Å²) in [5, 5.41) is 12.1. The Labute approximate surface area is 137 Å². The van der Waals surface area contributed by atoms with Gasteiger partial charge < -0.3 is 16.5 Å². The van der Waals surface area contributed by atoms with Crippen molar-refractivity contribution in [3.8, 4) is 0 Å². The van der Waals surface area contributed by atoms with Crippen LogP contribution in [0.5, 0.6) is 0 Å². The zero-order chi connectivity index (χ0) is 16.8. The van der Waals surface area contributed by atoms with E-state index in [0.29, 0.717) is 5.16 Å². The van der Waals surface area contributed by atoms with Gasteiger partial charge in [0, 0.05) is 19.8 Å². The minimum atomic E-state index is -0.452. The lowest BCUT2D eigenvalue weighted by atomic mass is 10.2. The van der Waals surface area contributed by atoms with Crippen LogP contribution in [-0.2, 0) is 4.79 Å². The first kappa shape index (κ1) is 16.6. The standard InChI is InChI=1S/C13H18N8OS/c1-20(2)10-5-3-9(4-6-10)7-16-17-12-18-19-13(21(12)15)23-8-11(14)22/h3-7H,8,15H2,1-2H3,(H2,14,22)(H,17,18)/b16-7+. The number of nitrogens with two attached hydrogens (primary N) is 2. The molecule has 10 heteroatoms. The summed E-state index contributed by atoms with van der Waals surface area (Å²) >= 11 is 1.10.